The lowest BCUT2D eigenvalue weighted by Gasteiger charge is -2.03. The van der Waals surface area contributed by atoms with E-state index in [4.69, 9.17) is 4.42 Å². The fourth-order valence-electron chi connectivity index (χ4n) is 0.615. The molecule has 3 nitrogen and oxygen atoms in total. The molecule has 0 saturated heterocycles. The molecule has 0 aliphatic rings. The zero-order valence-corrected chi connectivity index (χ0v) is 5.70. The molecule has 1 heterocycles. The summed E-state index contributed by atoms with van der Waals surface area (Å²) in [5, 5.41) is 0. The minimum Gasteiger partial charge on any atom is -0.467 e. The third-order valence-electron chi connectivity index (χ3n) is 1.21. The third kappa shape index (κ3) is 1.18. The first-order valence-corrected chi connectivity index (χ1v) is 2.82. The van der Waals surface area contributed by atoms with Crippen molar-refractivity contribution in [3.63, 3.8) is 0 Å². The summed E-state index contributed by atoms with van der Waals surface area (Å²) in [5.74, 6) is 0.559. The van der Waals surface area contributed by atoms with Crippen molar-refractivity contribution in [1.29, 1.82) is 0 Å². The van der Waals surface area contributed by atoms with Crippen LogP contribution in [-0.4, -0.2) is 13.5 Å². The van der Waals surface area contributed by atoms with Gasteiger partial charge in [-0.05, 0) is 0 Å². The number of rotatable bonds is 2. The van der Waals surface area contributed by atoms with Crippen LogP contribution >= 0.6 is 0 Å². The van der Waals surface area contributed by atoms with Gasteiger partial charge >= 0.3 is 0 Å². The Balaban J connectivity index is 2.84. The van der Waals surface area contributed by atoms with Gasteiger partial charge in [0.05, 0.1) is 5.69 Å². The average molecular weight is 138 g/mol. The van der Waals surface area contributed by atoms with Gasteiger partial charge in [0, 0.05) is 20.0 Å². The minimum atomic E-state index is 0.559. The first kappa shape index (κ1) is 6.86. The molecule has 1 amide bonds. The maximum Gasteiger partial charge on any atom is 0.213 e. The highest BCUT2D eigenvalue weighted by Gasteiger charge is 2.00. The monoisotopic (exact) mass is 138 g/mol. The summed E-state index contributed by atoms with van der Waals surface area (Å²) in [4.78, 5) is 11.6. The number of hydrogen-bond acceptors (Lipinski definition) is 2. The largest absolute Gasteiger partial charge is 0.467 e. The fourth-order valence-corrected chi connectivity index (χ4v) is 0.615. The van der Waals surface area contributed by atoms with E-state index >= 15 is 0 Å². The van der Waals surface area contributed by atoms with Gasteiger partial charge in [-0.3, -0.25) is 4.79 Å². The Morgan fingerprint density at radius 3 is 2.90 bits per heavy atom. The van der Waals surface area contributed by atoms with Crippen molar-refractivity contribution in [3.05, 3.63) is 25.0 Å². The zero-order valence-electron chi connectivity index (χ0n) is 5.70. The van der Waals surface area contributed by atoms with E-state index in [9.17, 15) is 4.79 Å². The molecule has 0 N–H and O–H groups in total. The molecule has 1 aromatic heterocycles. The second-order valence-corrected chi connectivity index (χ2v) is 1.99. The van der Waals surface area contributed by atoms with Crippen LogP contribution in [0.4, 0.5) is 5.69 Å². The van der Waals surface area contributed by atoms with Gasteiger partial charge in [-0.1, -0.05) is 0 Å². The number of hydrogen-bond donors (Lipinski definition) is 0. The molecule has 0 aliphatic heterocycles. The van der Waals surface area contributed by atoms with Gasteiger partial charge in [0.15, 0.2) is 0 Å². The molecule has 0 aromatic carbocycles. The van der Waals surface area contributed by atoms with E-state index < -0.39 is 0 Å². The summed E-state index contributed by atoms with van der Waals surface area (Å²) in [5.41, 5.74) is 0.722. The molecule has 0 atom stereocenters. The summed E-state index contributed by atoms with van der Waals surface area (Å²) in [6.07, 6.45) is 2.20. The molecule has 0 bridgehead atoms. The van der Waals surface area contributed by atoms with Crippen LogP contribution in [0, 0.1) is 6.92 Å². The van der Waals surface area contributed by atoms with E-state index in [-0.39, 0.29) is 0 Å². The molecular formula is C7H8NO2. The van der Waals surface area contributed by atoms with Gasteiger partial charge in [0.1, 0.15) is 12.0 Å². The smallest absolute Gasteiger partial charge is 0.213 e. The predicted molar refractivity (Wildman–Crippen MR) is 37.6 cm³/mol. The number of carbonyl (C=O) groups is 1. The second-order valence-electron chi connectivity index (χ2n) is 1.99. The summed E-state index contributed by atoms with van der Waals surface area (Å²) in [7, 11) is 1.65. The van der Waals surface area contributed by atoms with Crippen molar-refractivity contribution in [1.82, 2.24) is 0 Å². The lowest BCUT2D eigenvalue weighted by atomic mass is 10.4. The Labute approximate surface area is 59.2 Å². The molecule has 0 aliphatic carbocycles. The fraction of sp³-hybridized carbons (Fsp3) is 0.143. The van der Waals surface area contributed by atoms with Crippen molar-refractivity contribution in [2.75, 3.05) is 11.9 Å². The molecule has 3 heteroatoms. The van der Waals surface area contributed by atoms with Gasteiger partial charge < -0.3 is 9.32 Å². The molecule has 0 spiro atoms. The number of anilines is 1. The molecule has 1 radical (unpaired) electrons. The summed E-state index contributed by atoms with van der Waals surface area (Å²) < 4.78 is 4.88. The summed E-state index contributed by atoms with van der Waals surface area (Å²) >= 11 is 0. The predicted octanol–water partition coefficient (Wildman–Crippen LogP) is 1.05. The van der Waals surface area contributed by atoms with Crippen molar-refractivity contribution in [2.24, 2.45) is 0 Å². The Hall–Kier alpha value is -1.25. The van der Waals surface area contributed by atoms with Crippen LogP contribution in [0.15, 0.2) is 16.7 Å². The third-order valence-corrected chi connectivity index (χ3v) is 1.21. The maximum atomic E-state index is 10.2. The van der Waals surface area contributed by atoms with Crippen LogP contribution in [-0.2, 0) is 4.79 Å². The Bertz CT molecular complexity index is 229. The number of furan rings is 1. The van der Waals surface area contributed by atoms with Crippen molar-refractivity contribution >= 4 is 12.1 Å². The van der Waals surface area contributed by atoms with E-state index in [0.717, 1.165) is 5.69 Å². The van der Waals surface area contributed by atoms with Gasteiger partial charge in [-0.25, -0.2) is 0 Å². The van der Waals surface area contributed by atoms with E-state index in [2.05, 4.69) is 6.92 Å². The molecular weight excluding hydrogens is 130 g/mol. The second kappa shape index (κ2) is 2.56. The van der Waals surface area contributed by atoms with Crippen LogP contribution in [0.3, 0.4) is 0 Å². The molecule has 1 rings (SSSR count). The van der Waals surface area contributed by atoms with Gasteiger partial charge in [-0.2, -0.15) is 0 Å². The topological polar surface area (TPSA) is 33.5 Å². The van der Waals surface area contributed by atoms with Crippen LogP contribution in [0.5, 0.6) is 0 Å². The minimum absolute atomic E-state index is 0.559. The quantitative estimate of drug-likeness (QED) is 0.572. The Morgan fingerprint density at radius 2 is 2.50 bits per heavy atom. The van der Waals surface area contributed by atoms with E-state index in [1.807, 2.05) is 0 Å². The number of amides is 1. The molecule has 1 aromatic rings. The highest BCUT2D eigenvalue weighted by molar-refractivity contribution is 5.73. The van der Waals surface area contributed by atoms with Gasteiger partial charge in [0.2, 0.25) is 6.41 Å². The molecule has 53 valence electrons. The first-order valence-electron chi connectivity index (χ1n) is 2.82. The highest BCUT2D eigenvalue weighted by Crippen LogP contribution is 2.14. The van der Waals surface area contributed by atoms with Crippen molar-refractivity contribution in [2.45, 2.75) is 0 Å². The van der Waals surface area contributed by atoms with Crippen LogP contribution in [0.25, 0.3) is 0 Å². The standard InChI is InChI=1S/C7H8NO2/c1-6-3-7(4-10-6)8(2)5-9/h3-5H,1H2,2H3. The van der Waals surface area contributed by atoms with Crippen LogP contribution in [0.1, 0.15) is 5.76 Å². The zero-order chi connectivity index (χ0) is 7.56. The average Bonchev–Trinajstić information content (AvgIpc) is 2.34. The highest BCUT2D eigenvalue weighted by atomic mass is 16.3. The van der Waals surface area contributed by atoms with E-state index in [0.29, 0.717) is 12.2 Å². The summed E-state index contributed by atoms with van der Waals surface area (Å²) in [6, 6.07) is 1.69. The van der Waals surface area contributed by atoms with Crippen LogP contribution in [0.2, 0.25) is 0 Å². The van der Waals surface area contributed by atoms with E-state index in [1.54, 1.807) is 13.1 Å². The maximum absolute atomic E-state index is 10.2. The van der Waals surface area contributed by atoms with Crippen LogP contribution < -0.4 is 4.90 Å². The van der Waals surface area contributed by atoms with E-state index in [1.165, 1.54) is 11.2 Å². The Kier molecular flexibility index (Phi) is 1.76. The molecule has 0 unspecified atom stereocenters. The van der Waals surface area contributed by atoms with Crippen molar-refractivity contribution in [3.8, 4) is 0 Å². The van der Waals surface area contributed by atoms with Crippen molar-refractivity contribution < 1.29 is 9.21 Å². The lowest BCUT2D eigenvalue weighted by Crippen LogP contribution is -2.12. The van der Waals surface area contributed by atoms with Gasteiger partial charge in [0.25, 0.3) is 0 Å². The normalized spacial score (nSPS) is 9.40. The molecule has 0 saturated carbocycles. The van der Waals surface area contributed by atoms with Gasteiger partial charge in [-0.15, -0.1) is 0 Å². The number of nitrogens with zero attached hydrogens (tertiary/aromatic N) is 1. The molecule has 0 fully saturated rings. The Morgan fingerprint density at radius 1 is 1.80 bits per heavy atom. The SMILES string of the molecule is [CH2]c1cc(N(C)C=O)co1. The lowest BCUT2D eigenvalue weighted by molar-refractivity contribution is -0.107. The number of carbonyl (C=O) groups excluding carboxylic acids is 1. The summed E-state index contributed by atoms with van der Waals surface area (Å²) in [6.45, 7) is 3.55. The molecule has 10 heavy (non-hydrogen) atoms. The first-order chi connectivity index (χ1) is 4.74.